The average Bonchev–Trinajstić information content (AvgIpc) is 2.47. The molecule has 1 aliphatic heterocycles. The molecule has 2 aromatic rings. The van der Waals surface area contributed by atoms with Gasteiger partial charge in [0.15, 0.2) is 0 Å². The Bertz CT molecular complexity index is 863. The predicted octanol–water partition coefficient (Wildman–Crippen LogP) is 2.97. The molecule has 0 unspecified atom stereocenters. The summed E-state index contributed by atoms with van der Waals surface area (Å²) >= 11 is 0. The van der Waals surface area contributed by atoms with Gasteiger partial charge in [-0.15, -0.1) is 4.40 Å². The summed E-state index contributed by atoms with van der Waals surface area (Å²) in [7, 11) is -3.88. The molecule has 3 rings (SSSR count). The summed E-state index contributed by atoms with van der Waals surface area (Å²) in [4.78, 5) is 4.83. The lowest BCUT2D eigenvalue weighted by Gasteiger charge is -2.25. The summed E-state index contributed by atoms with van der Waals surface area (Å²) < 4.78 is 65.5. The van der Waals surface area contributed by atoms with E-state index in [0.29, 0.717) is 0 Å². The van der Waals surface area contributed by atoms with Crippen LogP contribution in [0, 0.1) is 0 Å². The van der Waals surface area contributed by atoms with Crippen LogP contribution in [0.15, 0.2) is 52.0 Å². The molecule has 1 aliphatic rings. The van der Waals surface area contributed by atoms with Crippen LogP contribution < -0.4 is 4.90 Å². The minimum Gasteiger partial charge on any atom is -0.299 e. The SMILES string of the molecule is O=S1(=O)N=CN(c2cccc(C(F)(F)F)c2)c2ccncc21. The highest BCUT2D eigenvalue weighted by Crippen LogP contribution is 2.36. The van der Waals surface area contributed by atoms with Crippen molar-refractivity contribution in [1.82, 2.24) is 4.98 Å². The fourth-order valence-corrected chi connectivity index (χ4v) is 2.99. The van der Waals surface area contributed by atoms with Crippen LogP contribution in [0.1, 0.15) is 5.56 Å². The molecule has 5 nitrogen and oxygen atoms in total. The van der Waals surface area contributed by atoms with E-state index in [9.17, 15) is 21.6 Å². The predicted molar refractivity (Wildman–Crippen MR) is 73.5 cm³/mol. The lowest BCUT2D eigenvalue weighted by atomic mass is 10.1. The fraction of sp³-hybridized carbons (Fsp3) is 0.0769. The number of pyridine rings is 1. The number of hydrogen-bond acceptors (Lipinski definition) is 4. The van der Waals surface area contributed by atoms with E-state index < -0.39 is 21.8 Å². The van der Waals surface area contributed by atoms with Crippen LogP contribution in [0.4, 0.5) is 24.5 Å². The number of hydrogen-bond donors (Lipinski definition) is 0. The second-order valence-electron chi connectivity index (χ2n) is 4.46. The largest absolute Gasteiger partial charge is 0.416 e. The first-order valence-electron chi connectivity index (χ1n) is 6.00. The number of anilines is 2. The van der Waals surface area contributed by atoms with Crippen LogP contribution in [-0.2, 0) is 16.2 Å². The van der Waals surface area contributed by atoms with Crippen LogP contribution in [0.2, 0.25) is 0 Å². The summed E-state index contributed by atoms with van der Waals surface area (Å²) in [5, 5.41) is 0. The van der Waals surface area contributed by atoms with Crippen molar-refractivity contribution < 1.29 is 21.6 Å². The van der Waals surface area contributed by atoms with Gasteiger partial charge < -0.3 is 0 Å². The van der Waals surface area contributed by atoms with Gasteiger partial charge in [-0.3, -0.25) is 9.88 Å². The van der Waals surface area contributed by atoms with E-state index in [1.165, 1.54) is 29.3 Å². The van der Waals surface area contributed by atoms with Gasteiger partial charge >= 0.3 is 6.18 Å². The summed E-state index contributed by atoms with van der Waals surface area (Å²) in [5.41, 5.74) is -0.479. The quantitative estimate of drug-likeness (QED) is 0.808. The third kappa shape index (κ3) is 2.43. The Morgan fingerprint density at radius 3 is 2.64 bits per heavy atom. The molecule has 0 aliphatic carbocycles. The molecule has 0 radical (unpaired) electrons. The lowest BCUT2D eigenvalue weighted by molar-refractivity contribution is -0.137. The Morgan fingerprint density at radius 2 is 1.91 bits per heavy atom. The third-order valence-electron chi connectivity index (χ3n) is 3.05. The minimum atomic E-state index is -4.49. The molecule has 1 aromatic carbocycles. The molecule has 0 atom stereocenters. The minimum absolute atomic E-state index is 0.154. The zero-order chi connectivity index (χ0) is 16.0. The number of aromatic nitrogens is 1. The maximum absolute atomic E-state index is 12.8. The average molecular weight is 327 g/mol. The Kier molecular flexibility index (Phi) is 3.17. The van der Waals surface area contributed by atoms with E-state index >= 15 is 0 Å². The number of alkyl halides is 3. The van der Waals surface area contributed by atoms with E-state index in [1.54, 1.807) is 0 Å². The first kappa shape index (κ1) is 14.5. The van der Waals surface area contributed by atoms with Crippen molar-refractivity contribution in [3.05, 3.63) is 48.3 Å². The van der Waals surface area contributed by atoms with Gasteiger partial charge in [0.1, 0.15) is 11.2 Å². The molecule has 0 N–H and O–H groups in total. The molecule has 2 heterocycles. The number of nitrogens with zero attached hydrogens (tertiary/aromatic N) is 3. The normalized spacial score (nSPS) is 16.4. The van der Waals surface area contributed by atoms with Crippen molar-refractivity contribution in [2.24, 2.45) is 4.40 Å². The molecule has 0 saturated heterocycles. The Balaban J connectivity index is 2.15. The van der Waals surface area contributed by atoms with Gasteiger partial charge in [0.2, 0.25) is 0 Å². The van der Waals surface area contributed by atoms with Crippen LogP contribution in [0.25, 0.3) is 0 Å². The smallest absolute Gasteiger partial charge is 0.299 e. The van der Waals surface area contributed by atoms with E-state index in [0.717, 1.165) is 24.7 Å². The van der Waals surface area contributed by atoms with Gasteiger partial charge in [-0.05, 0) is 24.3 Å². The van der Waals surface area contributed by atoms with Crippen molar-refractivity contribution in [1.29, 1.82) is 0 Å². The fourth-order valence-electron chi connectivity index (χ4n) is 2.04. The molecule has 0 amide bonds. The number of sulfonamides is 1. The topological polar surface area (TPSA) is 62.6 Å². The summed E-state index contributed by atoms with van der Waals surface area (Å²) in [6, 6.07) is 5.95. The third-order valence-corrected chi connectivity index (χ3v) is 4.30. The maximum atomic E-state index is 12.8. The van der Waals surface area contributed by atoms with E-state index in [1.807, 2.05) is 0 Å². The second kappa shape index (κ2) is 4.80. The highest BCUT2D eigenvalue weighted by atomic mass is 32.2. The number of fused-ring (bicyclic) bond motifs is 1. The summed E-state index contributed by atoms with van der Waals surface area (Å²) in [5.74, 6) is 0. The van der Waals surface area contributed by atoms with Crippen LogP contribution in [0.5, 0.6) is 0 Å². The molecule has 9 heteroatoms. The van der Waals surface area contributed by atoms with Gasteiger partial charge in [0.05, 0.1) is 11.3 Å². The Labute approximate surface area is 123 Å². The summed E-state index contributed by atoms with van der Waals surface area (Å²) in [6.45, 7) is 0. The molecular formula is C13H8F3N3O2S. The first-order valence-corrected chi connectivity index (χ1v) is 7.44. The Hall–Kier alpha value is -2.42. The van der Waals surface area contributed by atoms with Crippen LogP contribution in [0.3, 0.4) is 0 Å². The number of benzene rings is 1. The molecule has 0 bridgehead atoms. The molecule has 0 spiro atoms. The molecule has 0 fully saturated rings. The first-order chi connectivity index (χ1) is 10.3. The van der Waals surface area contributed by atoms with Crippen LogP contribution >= 0.6 is 0 Å². The lowest BCUT2D eigenvalue weighted by Crippen LogP contribution is -2.23. The van der Waals surface area contributed by atoms with Gasteiger partial charge in [-0.1, -0.05) is 6.07 Å². The number of rotatable bonds is 1. The highest BCUT2D eigenvalue weighted by Gasteiger charge is 2.32. The van der Waals surface area contributed by atoms with Gasteiger partial charge in [0, 0.05) is 18.1 Å². The van der Waals surface area contributed by atoms with Crippen molar-refractivity contribution in [3.8, 4) is 0 Å². The zero-order valence-corrected chi connectivity index (χ0v) is 11.6. The van der Waals surface area contributed by atoms with Gasteiger partial charge in [-0.2, -0.15) is 21.6 Å². The van der Waals surface area contributed by atoms with Gasteiger partial charge in [0.25, 0.3) is 10.0 Å². The van der Waals surface area contributed by atoms with Crippen LogP contribution in [-0.4, -0.2) is 19.7 Å². The van der Waals surface area contributed by atoms with Crippen molar-refractivity contribution in [2.45, 2.75) is 11.1 Å². The Morgan fingerprint density at radius 1 is 1.14 bits per heavy atom. The van der Waals surface area contributed by atoms with E-state index in [-0.39, 0.29) is 16.3 Å². The molecular weight excluding hydrogens is 319 g/mol. The van der Waals surface area contributed by atoms with E-state index in [2.05, 4.69) is 9.38 Å². The maximum Gasteiger partial charge on any atom is 0.416 e. The van der Waals surface area contributed by atoms with E-state index in [4.69, 9.17) is 0 Å². The number of halogens is 3. The standard InChI is InChI=1S/C13H8F3N3O2S/c14-13(15,16)9-2-1-3-10(6-9)19-8-18-22(20,21)12-7-17-5-4-11(12)19/h1-8H. The van der Waals surface area contributed by atoms with Crippen molar-refractivity contribution in [2.75, 3.05) is 4.90 Å². The molecule has 0 saturated carbocycles. The summed E-state index contributed by atoms with van der Waals surface area (Å²) in [6.07, 6.45) is -1.04. The molecule has 1 aromatic heterocycles. The highest BCUT2D eigenvalue weighted by molar-refractivity contribution is 7.90. The molecule has 114 valence electrons. The van der Waals surface area contributed by atoms with Crippen molar-refractivity contribution >= 4 is 27.7 Å². The zero-order valence-electron chi connectivity index (χ0n) is 10.8. The van der Waals surface area contributed by atoms with Crippen molar-refractivity contribution in [3.63, 3.8) is 0 Å². The second-order valence-corrected chi connectivity index (χ2v) is 6.06. The molecule has 22 heavy (non-hydrogen) atoms. The van der Waals surface area contributed by atoms with Gasteiger partial charge in [-0.25, -0.2) is 0 Å². The monoisotopic (exact) mass is 327 g/mol.